The molecule has 3 aromatic rings. The van der Waals surface area contributed by atoms with Crippen LogP contribution in [-0.4, -0.2) is 43.9 Å². The van der Waals surface area contributed by atoms with E-state index in [4.69, 9.17) is 21.6 Å². The molecular weight excluding hydrogens is 478 g/mol. The maximum atomic E-state index is 12.2. The first kappa shape index (κ1) is 25.6. The first-order valence-electron chi connectivity index (χ1n) is 11.8. The standard InChI is InChI=1S/C26H30ClN7O2/c1-16(12-28)31-23(35)18-8-6-17(7-9-18)22-20(27)14-29-24(33-22)32-19-13-30-34(15-19)21-10-11-36-26(4,5)25(21,2)3/h6-9,13-16,21H,10-11H2,1-5H3,(H,31,35)(H,29,32,33). The van der Waals surface area contributed by atoms with E-state index in [1.54, 1.807) is 37.4 Å². The first-order chi connectivity index (χ1) is 17.0. The summed E-state index contributed by atoms with van der Waals surface area (Å²) in [4.78, 5) is 21.1. The van der Waals surface area contributed by atoms with E-state index in [2.05, 4.69) is 53.4 Å². The normalized spacial score (nSPS) is 19.2. The lowest BCUT2D eigenvalue weighted by molar-refractivity contribution is -0.160. The molecule has 9 nitrogen and oxygen atoms in total. The van der Waals surface area contributed by atoms with Gasteiger partial charge in [-0.1, -0.05) is 37.6 Å². The number of carbonyl (C=O) groups is 1. The minimum atomic E-state index is -0.574. The zero-order chi connectivity index (χ0) is 26.1. The number of nitriles is 1. The monoisotopic (exact) mass is 507 g/mol. The largest absolute Gasteiger partial charge is 0.375 e. The molecule has 1 fully saturated rings. The van der Waals surface area contributed by atoms with E-state index in [-0.39, 0.29) is 23.0 Å². The fourth-order valence-electron chi connectivity index (χ4n) is 4.26. The van der Waals surface area contributed by atoms with Gasteiger partial charge in [0, 0.05) is 29.3 Å². The van der Waals surface area contributed by atoms with Crippen molar-refractivity contribution in [1.82, 2.24) is 25.1 Å². The quantitative estimate of drug-likeness (QED) is 0.474. The van der Waals surface area contributed by atoms with Gasteiger partial charge >= 0.3 is 0 Å². The second kappa shape index (κ2) is 9.88. The van der Waals surface area contributed by atoms with Gasteiger partial charge in [0.05, 0.1) is 46.5 Å². The number of carbonyl (C=O) groups excluding carboxylic acids is 1. The van der Waals surface area contributed by atoms with Crippen molar-refractivity contribution in [3.8, 4) is 17.3 Å². The minimum Gasteiger partial charge on any atom is -0.375 e. The summed E-state index contributed by atoms with van der Waals surface area (Å²) in [5.74, 6) is 0.0602. The fraction of sp³-hybridized carbons (Fsp3) is 0.423. The average Bonchev–Trinajstić information content (AvgIpc) is 3.30. The third-order valence-corrected chi connectivity index (χ3v) is 7.40. The fourth-order valence-corrected chi connectivity index (χ4v) is 4.46. The van der Waals surface area contributed by atoms with Gasteiger partial charge in [0.15, 0.2) is 0 Å². The highest BCUT2D eigenvalue weighted by Crippen LogP contribution is 2.48. The van der Waals surface area contributed by atoms with Gasteiger partial charge in [0.1, 0.15) is 6.04 Å². The Kier molecular flexibility index (Phi) is 7.03. The topological polar surface area (TPSA) is 118 Å². The molecule has 0 spiro atoms. The number of rotatable bonds is 6. The number of halogens is 1. The maximum absolute atomic E-state index is 12.2. The van der Waals surface area contributed by atoms with Crippen LogP contribution in [0.1, 0.15) is 57.4 Å². The van der Waals surface area contributed by atoms with Crippen molar-refractivity contribution in [2.75, 3.05) is 11.9 Å². The molecule has 2 atom stereocenters. The lowest BCUT2D eigenvalue weighted by Gasteiger charge is -2.50. The summed E-state index contributed by atoms with van der Waals surface area (Å²) in [5, 5.41) is 19.7. The van der Waals surface area contributed by atoms with Crippen LogP contribution in [0.4, 0.5) is 11.6 Å². The number of aromatic nitrogens is 4. The number of nitrogens with zero attached hydrogens (tertiary/aromatic N) is 5. The molecule has 0 radical (unpaired) electrons. The highest BCUT2D eigenvalue weighted by atomic mass is 35.5. The molecule has 36 heavy (non-hydrogen) atoms. The molecule has 2 N–H and O–H groups in total. The van der Waals surface area contributed by atoms with Crippen molar-refractivity contribution in [1.29, 1.82) is 5.26 Å². The van der Waals surface area contributed by atoms with E-state index in [0.29, 0.717) is 28.8 Å². The van der Waals surface area contributed by atoms with Crippen molar-refractivity contribution >= 4 is 29.1 Å². The van der Waals surface area contributed by atoms with E-state index < -0.39 is 6.04 Å². The number of nitrogens with one attached hydrogen (secondary N) is 2. The van der Waals surface area contributed by atoms with Gasteiger partial charge in [0.2, 0.25) is 5.95 Å². The predicted molar refractivity (Wildman–Crippen MR) is 138 cm³/mol. The van der Waals surface area contributed by atoms with Gasteiger partial charge in [-0.2, -0.15) is 10.4 Å². The van der Waals surface area contributed by atoms with E-state index >= 15 is 0 Å². The van der Waals surface area contributed by atoms with Crippen LogP contribution in [0.3, 0.4) is 0 Å². The zero-order valence-electron chi connectivity index (χ0n) is 21.0. The molecule has 0 bridgehead atoms. The molecule has 1 amide bonds. The van der Waals surface area contributed by atoms with Crippen LogP contribution in [0.25, 0.3) is 11.3 Å². The molecule has 188 valence electrons. The Morgan fingerprint density at radius 2 is 1.97 bits per heavy atom. The molecule has 1 aromatic carbocycles. The van der Waals surface area contributed by atoms with E-state index in [1.807, 2.05) is 16.9 Å². The highest BCUT2D eigenvalue weighted by molar-refractivity contribution is 6.32. The molecule has 1 aliphatic heterocycles. The molecule has 0 aliphatic carbocycles. The van der Waals surface area contributed by atoms with Crippen molar-refractivity contribution in [3.05, 3.63) is 53.4 Å². The van der Waals surface area contributed by atoms with Crippen molar-refractivity contribution < 1.29 is 9.53 Å². The van der Waals surface area contributed by atoms with Crippen LogP contribution in [0.2, 0.25) is 5.02 Å². The van der Waals surface area contributed by atoms with E-state index in [9.17, 15) is 4.79 Å². The predicted octanol–water partition coefficient (Wildman–Crippen LogP) is 5.15. The molecule has 1 aliphatic rings. The summed E-state index contributed by atoms with van der Waals surface area (Å²) in [6.07, 6.45) is 6.13. The smallest absolute Gasteiger partial charge is 0.252 e. The number of amides is 1. The maximum Gasteiger partial charge on any atom is 0.252 e. The Morgan fingerprint density at radius 3 is 2.67 bits per heavy atom. The summed E-state index contributed by atoms with van der Waals surface area (Å²) in [6.45, 7) is 11.0. The molecule has 0 saturated carbocycles. The minimum absolute atomic E-state index is 0.117. The van der Waals surface area contributed by atoms with Gasteiger partial charge < -0.3 is 15.4 Å². The first-order valence-corrected chi connectivity index (χ1v) is 12.2. The highest BCUT2D eigenvalue weighted by Gasteiger charge is 2.48. The van der Waals surface area contributed by atoms with Crippen molar-refractivity contribution in [3.63, 3.8) is 0 Å². The van der Waals surface area contributed by atoms with Crippen LogP contribution < -0.4 is 10.6 Å². The van der Waals surface area contributed by atoms with Crippen LogP contribution in [0.5, 0.6) is 0 Å². The third kappa shape index (κ3) is 5.06. The number of benzene rings is 1. The van der Waals surface area contributed by atoms with Gasteiger partial charge in [-0.3, -0.25) is 9.48 Å². The lowest BCUT2D eigenvalue weighted by Crippen LogP contribution is -2.51. The number of hydrogen-bond acceptors (Lipinski definition) is 7. The number of hydrogen-bond donors (Lipinski definition) is 2. The van der Waals surface area contributed by atoms with Gasteiger partial charge in [0.25, 0.3) is 5.91 Å². The summed E-state index contributed by atoms with van der Waals surface area (Å²) >= 11 is 6.39. The second-order valence-electron chi connectivity index (χ2n) is 10.0. The van der Waals surface area contributed by atoms with Gasteiger partial charge in [-0.25, -0.2) is 9.97 Å². The Hall–Kier alpha value is -3.48. The molecule has 10 heteroatoms. The van der Waals surface area contributed by atoms with Gasteiger partial charge in [-0.15, -0.1) is 0 Å². The number of anilines is 2. The van der Waals surface area contributed by atoms with Crippen molar-refractivity contribution in [2.45, 2.75) is 58.7 Å². The molecular formula is C26H30ClN7O2. The molecule has 2 aromatic heterocycles. The summed E-state index contributed by atoms with van der Waals surface area (Å²) < 4.78 is 8.01. The van der Waals surface area contributed by atoms with Crippen molar-refractivity contribution in [2.24, 2.45) is 5.41 Å². The van der Waals surface area contributed by atoms with E-state index in [0.717, 1.165) is 17.7 Å². The number of ether oxygens (including phenoxy) is 1. The summed E-state index contributed by atoms with van der Waals surface area (Å²) in [6, 6.07) is 8.45. The summed E-state index contributed by atoms with van der Waals surface area (Å²) in [5.41, 5.74) is 2.09. The molecule has 2 unspecified atom stereocenters. The molecule has 4 rings (SSSR count). The lowest BCUT2D eigenvalue weighted by atomic mass is 9.69. The zero-order valence-corrected chi connectivity index (χ0v) is 21.8. The van der Waals surface area contributed by atoms with E-state index in [1.165, 1.54) is 6.20 Å². The van der Waals surface area contributed by atoms with Crippen LogP contribution >= 0.6 is 11.6 Å². The Bertz CT molecular complexity index is 1290. The van der Waals surface area contributed by atoms with Crippen LogP contribution in [0.15, 0.2) is 42.9 Å². The Balaban J connectivity index is 1.52. The molecule has 1 saturated heterocycles. The van der Waals surface area contributed by atoms with Crippen LogP contribution in [0, 0.1) is 16.7 Å². The van der Waals surface area contributed by atoms with Gasteiger partial charge in [-0.05, 0) is 39.3 Å². The Morgan fingerprint density at radius 1 is 1.25 bits per heavy atom. The third-order valence-electron chi connectivity index (χ3n) is 7.12. The molecule has 3 heterocycles. The van der Waals surface area contributed by atoms with Crippen LogP contribution in [-0.2, 0) is 4.74 Å². The SMILES string of the molecule is CC(C#N)NC(=O)c1ccc(-c2nc(Nc3cnn(C4CCOC(C)(C)C4(C)C)c3)ncc2Cl)cc1. The summed E-state index contributed by atoms with van der Waals surface area (Å²) in [7, 11) is 0. The average molecular weight is 508 g/mol. The Labute approximate surface area is 215 Å². The second-order valence-corrected chi connectivity index (χ2v) is 10.4.